The van der Waals surface area contributed by atoms with Gasteiger partial charge >= 0.3 is 0 Å². The molecule has 2 bridgehead atoms. The number of carbonyl (C=O) groups excluding carboxylic acids is 1. The molecule has 0 spiro atoms. The van der Waals surface area contributed by atoms with Gasteiger partial charge < -0.3 is 10.6 Å². The number of rotatable bonds is 5. The summed E-state index contributed by atoms with van der Waals surface area (Å²) in [5, 5.41) is 7.17. The first-order chi connectivity index (χ1) is 12.1. The lowest BCUT2D eigenvalue weighted by molar-refractivity contribution is -0.117. The van der Waals surface area contributed by atoms with Crippen molar-refractivity contribution in [2.24, 2.45) is 5.92 Å². The summed E-state index contributed by atoms with van der Waals surface area (Å²) in [6.07, 6.45) is 7.67. The lowest BCUT2D eigenvalue weighted by atomic mass is 9.89. The Morgan fingerprint density at radius 2 is 2.12 bits per heavy atom. The van der Waals surface area contributed by atoms with E-state index in [1.807, 2.05) is 6.07 Å². The first kappa shape index (κ1) is 16.7. The van der Waals surface area contributed by atoms with E-state index in [1.165, 1.54) is 36.3 Å². The predicted molar refractivity (Wildman–Crippen MR) is 97.2 cm³/mol. The summed E-state index contributed by atoms with van der Waals surface area (Å²) in [4.78, 5) is 17.6. The molecule has 2 saturated heterocycles. The minimum absolute atomic E-state index is 0.0537. The number of anilines is 1. The van der Waals surface area contributed by atoms with E-state index in [0.717, 1.165) is 23.3 Å². The normalized spacial score (nSPS) is 25.1. The van der Waals surface area contributed by atoms with E-state index < -0.39 is 0 Å². The van der Waals surface area contributed by atoms with Crippen LogP contribution in [0, 0.1) is 11.7 Å². The highest BCUT2D eigenvalue weighted by molar-refractivity contribution is 7.15. The van der Waals surface area contributed by atoms with Crippen LogP contribution < -0.4 is 10.6 Å². The number of nitrogens with one attached hydrogen (secondary N) is 2. The quantitative estimate of drug-likeness (QED) is 0.855. The summed E-state index contributed by atoms with van der Waals surface area (Å²) in [6, 6.07) is 7.79. The molecule has 4 nitrogen and oxygen atoms in total. The molecule has 2 fully saturated rings. The van der Waals surface area contributed by atoms with E-state index in [9.17, 15) is 9.18 Å². The maximum absolute atomic E-state index is 13.3. The number of fused-ring (bicyclic) bond motifs is 2. The van der Waals surface area contributed by atoms with Crippen molar-refractivity contribution >= 4 is 22.4 Å². The lowest BCUT2D eigenvalue weighted by Gasteiger charge is -2.28. The number of hydrogen-bond acceptors (Lipinski definition) is 4. The molecule has 2 N–H and O–H groups in total. The Morgan fingerprint density at radius 3 is 2.88 bits per heavy atom. The van der Waals surface area contributed by atoms with Crippen LogP contribution in [0.4, 0.5) is 9.52 Å². The van der Waals surface area contributed by atoms with E-state index in [2.05, 4.69) is 15.6 Å². The average Bonchev–Trinajstić information content (AvgIpc) is 3.13. The van der Waals surface area contributed by atoms with Gasteiger partial charge in [0.05, 0.1) is 0 Å². The molecule has 0 saturated carbocycles. The van der Waals surface area contributed by atoms with Crippen LogP contribution in [0.15, 0.2) is 30.5 Å². The largest absolute Gasteiger partial charge is 0.311 e. The second-order valence-electron chi connectivity index (χ2n) is 7.17. The van der Waals surface area contributed by atoms with Crippen LogP contribution in [-0.4, -0.2) is 23.0 Å². The molecule has 4 rings (SSSR count). The van der Waals surface area contributed by atoms with Crippen LogP contribution >= 0.6 is 11.3 Å². The van der Waals surface area contributed by atoms with Gasteiger partial charge in [0.25, 0.3) is 0 Å². The predicted octanol–water partition coefficient (Wildman–Crippen LogP) is 3.73. The van der Waals surface area contributed by atoms with Gasteiger partial charge in [-0.15, -0.1) is 11.3 Å². The van der Waals surface area contributed by atoms with Gasteiger partial charge in [0.2, 0.25) is 5.91 Å². The summed E-state index contributed by atoms with van der Waals surface area (Å²) < 4.78 is 13.3. The topological polar surface area (TPSA) is 54.0 Å². The molecule has 0 aliphatic carbocycles. The minimum atomic E-state index is -0.230. The molecule has 0 radical (unpaired) electrons. The third-order valence-electron chi connectivity index (χ3n) is 5.11. The first-order valence-corrected chi connectivity index (χ1v) is 9.71. The van der Waals surface area contributed by atoms with Gasteiger partial charge in [0, 0.05) is 36.0 Å². The zero-order valence-corrected chi connectivity index (χ0v) is 14.8. The fraction of sp³-hybridized carbons (Fsp3) is 0.474. The summed E-state index contributed by atoms with van der Waals surface area (Å²) in [5.41, 5.74) is 0.909. The third-order valence-corrected chi connectivity index (χ3v) is 6.02. The van der Waals surface area contributed by atoms with E-state index in [4.69, 9.17) is 0 Å². The second-order valence-corrected chi connectivity index (χ2v) is 8.28. The fourth-order valence-electron chi connectivity index (χ4n) is 4.07. The number of carbonyl (C=O) groups is 1. The number of benzene rings is 1. The summed E-state index contributed by atoms with van der Waals surface area (Å²) in [6.45, 7) is 0. The monoisotopic (exact) mass is 359 g/mol. The van der Waals surface area contributed by atoms with Gasteiger partial charge in [0.15, 0.2) is 5.13 Å². The van der Waals surface area contributed by atoms with Crippen LogP contribution in [0.2, 0.25) is 0 Å². The Kier molecular flexibility index (Phi) is 4.81. The van der Waals surface area contributed by atoms with Gasteiger partial charge in [-0.05, 0) is 49.3 Å². The van der Waals surface area contributed by atoms with E-state index in [-0.39, 0.29) is 11.7 Å². The molecule has 2 atom stereocenters. The van der Waals surface area contributed by atoms with Gasteiger partial charge in [-0.1, -0.05) is 12.1 Å². The van der Waals surface area contributed by atoms with E-state index >= 15 is 0 Å². The number of piperidine rings is 1. The number of amides is 1. The number of aromatic nitrogens is 1. The van der Waals surface area contributed by atoms with Gasteiger partial charge in [-0.25, -0.2) is 9.37 Å². The van der Waals surface area contributed by atoms with Gasteiger partial charge in [-0.3, -0.25) is 4.79 Å². The van der Waals surface area contributed by atoms with E-state index in [0.29, 0.717) is 36.0 Å². The molecule has 1 amide bonds. The maximum atomic E-state index is 13.3. The second kappa shape index (κ2) is 7.22. The molecular formula is C19H22FN3OS. The zero-order valence-electron chi connectivity index (χ0n) is 14.0. The zero-order chi connectivity index (χ0) is 17.2. The molecule has 6 heteroatoms. The molecule has 1 aromatic carbocycles. The number of hydrogen-bond donors (Lipinski definition) is 2. The van der Waals surface area contributed by atoms with Gasteiger partial charge in [0.1, 0.15) is 5.82 Å². The molecular weight excluding hydrogens is 337 g/mol. The number of nitrogens with zero attached hydrogens (tertiary/aromatic N) is 1. The molecule has 2 aromatic rings. The Balaban J connectivity index is 1.31. The SMILES string of the molecule is O=C(CC1CC2CCC(C1)N2)Nc1ncc(Cc2cccc(F)c2)s1. The Morgan fingerprint density at radius 1 is 1.32 bits per heavy atom. The average molecular weight is 359 g/mol. The lowest BCUT2D eigenvalue weighted by Crippen LogP contribution is -2.39. The third kappa shape index (κ3) is 4.25. The van der Waals surface area contributed by atoms with Gasteiger partial charge in [-0.2, -0.15) is 0 Å². The van der Waals surface area contributed by atoms with Crippen LogP contribution in [0.3, 0.4) is 0 Å². The highest BCUT2D eigenvalue weighted by atomic mass is 32.1. The summed E-state index contributed by atoms with van der Waals surface area (Å²) >= 11 is 1.46. The van der Waals surface area contributed by atoms with Crippen molar-refractivity contribution < 1.29 is 9.18 Å². The van der Waals surface area contributed by atoms with Crippen LogP contribution in [-0.2, 0) is 11.2 Å². The van der Waals surface area contributed by atoms with Crippen LogP contribution in [0.5, 0.6) is 0 Å². The van der Waals surface area contributed by atoms with Crippen molar-refractivity contribution in [3.63, 3.8) is 0 Å². The van der Waals surface area contributed by atoms with Crippen molar-refractivity contribution in [2.45, 2.75) is 50.6 Å². The molecule has 132 valence electrons. The number of thiazole rings is 1. The Bertz CT molecular complexity index is 751. The minimum Gasteiger partial charge on any atom is -0.311 e. The summed E-state index contributed by atoms with van der Waals surface area (Å²) in [7, 11) is 0. The fourth-order valence-corrected chi connectivity index (χ4v) is 4.93. The van der Waals surface area contributed by atoms with Crippen molar-refractivity contribution in [1.82, 2.24) is 10.3 Å². The van der Waals surface area contributed by atoms with Crippen molar-refractivity contribution in [3.8, 4) is 0 Å². The molecule has 3 heterocycles. The summed E-state index contributed by atoms with van der Waals surface area (Å²) in [5.74, 6) is 0.301. The van der Waals surface area contributed by atoms with Crippen molar-refractivity contribution in [1.29, 1.82) is 0 Å². The molecule has 2 unspecified atom stereocenters. The standard InChI is InChI=1S/C19H22FN3OS/c20-14-3-1-2-12(6-14)9-17-11-21-19(25-17)23-18(24)10-13-7-15-4-5-16(8-13)22-15/h1-3,6,11,13,15-16,22H,4-5,7-10H2,(H,21,23,24). The molecule has 1 aromatic heterocycles. The highest BCUT2D eigenvalue weighted by Crippen LogP contribution is 2.33. The van der Waals surface area contributed by atoms with Crippen molar-refractivity contribution in [2.75, 3.05) is 5.32 Å². The molecule has 2 aliphatic rings. The molecule has 2 aliphatic heterocycles. The Hall–Kier alpha value is -1.79. The smallest absolute Gasteiger partial charge is 0.226 e. The van der Waals surface area contributed by atoms with Crippen LogP contribution in [0.25, 0.3) is 0 Å². The van der Waals surface area contributed by atoms with Crippen molar-refractivity contribution in [3.05, 3.63) is 46.7 Å². The van der Waals surface area contributed by atoms with Crippen LogP contribution in [0.1, 0.15) is 42.5 Å². The van der Waals surface area contributed by atoms with E-state index in [1.54, 1.807) is 12.3 Å². The maximum Gasteiger partial charge on any atom is 0.226 e. The highest BCUT2D eigenvalue weighted by Gasteiger charge is 2.34. The number of halogens is 1. The first-order valence-electron chi connectivity index (χ1n) is 8.89. The Labute approximate surface area is 150 Å². The molecule has 25 heavy (non-hydrogen) atoms.